The molecule has 0 aliphatic rings. The average molecular weight is 984 g/mol. The van der Waals surface area contributed by atoms with Gasteiger partial charge in [-0.05, 0) is 77.0 Å². The quantitative estimate of drug-likeness (QED) is 0.0261. The SMILES string of the molecule is CCCCCC/C=C\C/C=C\CCCCCCCCCC(=O)OC(COC(=O)CCCCCCC/C=C\CCCCCCCC)COC(=O)CCCCCCCCCCCCCCCCCCCCC. The van der Waals surface area contributed by atoms with E-state index in [1.54, 1.807) is 0 Å². The third kappa shape index (κ3) is 56.5. The van der Waals surface area contributed by atoms with Gasteiger partial charge >= 0.3 is 17.9 Å². The number of hydrogen-bond donors (Lipinski definition) is 0. The molecule has 0 rings (SSSR count). The van der Waals surface area contributed by atoms with E-state index in [4.69, 9.17) is 14.2 Å². The fourth-order valence-electron chi connectivity index (χ4n) is 9.18. The van der Waals surface area contributed by atoms with E-state index in [1.807, 2.05) is 0 Å². The minimum absolute atomic E-state index is 0.0740. The molecular formula is C64H118O6. The number of carbonyl (C=O) groups excluding carboxylic acids is 3. The number of unbranched alkanes of at least 4 members (excludes halogenated alkanes) is 40. The van der Waals surface area contributed by atoms with Gasteiger partial charge in [0.1, 0.15) is 13.2 Å². The van der Waals surface area contributed by atoms with Crippen molar-refractivity contribution in [3.63, 3.8) is 0 Å². The van der Waals surface area contributed by atoms with E-state index in [-0.39, 0.29) is 31.1 Å². The molecule has 6 heteroatoms. The van der Waals surface area contributed by atoms with Crippen molar-refractivity contribution in [3.05, 3.63) is 36.5 Å². The first-order chi connectivity index (χ1) is 34.5. The second kappa shape index (κ2) is 59.2. The molecular weight excluding hydrogens is 865 g/mol. The summed E-state index contributed by atoms with van der Waals surface area (Å²) in [5.41, 5.74) is 0. The zero-order chi connectivity index (χ0) is 50.7. The van der Waals surface area contributed by atoms with Crippen LogP contribution >= 0.6 is 0 Å². The molecule has 6 nitrogen and oxygen atoms in total. The number of carbonyl (C=O) groups is 3. The summed E-state index contributed by atoms with van der Waals surface area (Å²) in [6, 6.07) is 0. The van der Waals surface area contributed by atoms with Crippen LogP contribution in [-0.4, -0.2) is 37.2 Å². The maximum Gasteiger partial charge on any atom is 0.306 e. The summed E-state index contributed by atoms with van der Waals surface area (Å²) in [6.07, 6.45) is 71.4. The number of allylic oxidation sites excluding steroid dienone is 6. The van der Waals surface area contributed by atoms with Crippen molar-refractivity contribution in [1.29, 1.82) is 0 Å². The summed E-state index contributed by atoms with van der Waals surface area (Å²) in [5.74, 6) is -0.869. The summed E-state index contributed by atoms with van der Waals surface area (Å²) >= 11 is 0. The Bertz CT molecular complexity index is 1170. The number of ether oxygens (including phenoxy) is 3. The van der Waals surface area contributed by atoms with Crippen molar-refractivity contribution >= 4 is 17.9 Å². The van der Waals surface area contributed by atoms with Gasteiger partial charge in [0.05, 0.1) is 0 Å². The van der Waals surface area contributed by atoms with Crippen LogP contribution in [0.3, 0.4) is 0 Å². The van der Waals surface area contributed by atoms with Crippen LogP contribution in [0.15, 0.2) is 36.5 Å². The van der Waals surface area contributed by atoms with Gasteiger partial charge in [-0.3, -0.25) is 14.4 Å². The highest BCUT2D eigenvalue weighted by atomic mass is 16.6. The van der Waals surface area contributed by atoms with Crippen molar-refractivity contribution in [2.75, 3.05) is 13.2 Å². The molecule has 0 saturated heterocycles. The zero-order valence-corrected chi connectivity index (χ0v) is 47.1. The second-order valence-electron chi connectivity index (χ2n) is 21.0. The predicted octanol–water partition coefficient (Wildman–Crippen LogP) is 20.8. The molecule has 0 aromatic carbocycles. The highest BCUT2D eigenvalue weighted by Crippen LogP contribution is 2.17. The van der Waals surface area contributed by atoms with Gasteiger partial charge in [0.25, 0.3) is 0 Å². The van der Waals surface area contributed by atoms with Gasteiger partial charge in [-0.25, -0.2) is 0 Å². The van der Waals surface area contributed by atoms with Crippen LogP contribution < -0.4 is 0 Å². The molecule has 0 heterocycles. The molecule has 0 aromatic heterocycles. The molecule has 1 unspecified atom stereocenters. The van der Waals surface area contributed by atoms with Crippen molar-refractivity contribution in [2.45, 2.75) is 341 Å². The van der Waals surface area contributed by atoms with Crippen LogP contribution in [0.5, 0.6) is 0 Å². The molecule has 0 aliphatic carbocycles. The normalized spacial score (nSPS) is 12.2. The van der Waals surface area contributed by atoms with Crippen LogP contribution in [0.1, 0.15) is 335 Å². The van der Waals surface area contributed by atoms with E-state index in [1.165, 1.54) is 218 Å². The first-order valence-corrected chi connectivity index (χ1v) is 31.0. The summed E-state index contributed by atoms with van der Waals surface area (Å²) in [7, 11) is 0. The maximum atomic E-state index is 12.9. The molecule has 0 aliphatic heterocycles. The first kappa shape index (κ1) is 67.6. The fraction of sp³-hybridized carbons (Fsp3) is 0.859. The standard InChI is InChI=1S/C64H118O6/c1-4-7-10-13-16-19-22-25-28-30-32-34-36-39-42-45-48-51-54-57-63(66)69-60-61(59-68-62(65)56-53-50-47-44-41-38-35-27-24-21-18-15-12-9-6-3)70-64(67)58-55-52-49-46-43-40-37-33-31-29-26-23-20-17-14-11-8-5-2/h20,23,27,29,31,35,61H,4-19,21-22,24-26,28,30,32-34,36-60H2,1-3H3/b23-20-,31-29-,35-27-. The summed E-state index contributed by atoms with van der Waals surface area (Å²) in [6.45, 7) is 6.66. The third-order valence-corrected chi connectivity index (χ3v) is 13.9. The topological polar surface area (TPSA) is 78.9 Å². The molecule has 0 amide bonds. The smallest absolute Gasteiger partial charge is 0.306 e. The Kier molecular flexibility index (Phi) is 57.2. The van der Waals surface area contributed by atoms with Gasteiger partial charge in [0.2, 0.25) is 0 Å². The van der Waals surface area contributed by atoms with Gasteiger partial charge in [-0.2, -0.15) is 0 Å². The fourth-order valence-corrected chi connectivity index (χ4v) is 9.18. The Morgan fingerprint density at radius 1 is 0.286 bits per heavy atom. The molecule has 0 radical (unpaired) electrons. The van der Waals surface area contributed by atoms with Crippen LogP contribution in [-0.2, 0) is 28.6 Å². The predicted molar refractivity (Wildman–Crippen MR) is 302 cm³/mol. The van der Waals surface area contributed by atoms with Crippen LogP contribution in [0.4, 0.5) is 0 Å². The molecule has 0 bridgehead atoms. The summed E-state index contributed by atoms with van der Waals surface area (Å²) < 4.78 is 16.9. The molecule has 0 N–H and O–H groups in total. The van der Waals surface area contributed by atoms with Gasteiger partial charge in [-0.1, -0.05) is 276 Å². The first-order valence-electron chi connectivity index (χ1n) is 31.0. The van der Waals surface area contributed by atoms with Gasteiger partial charge in [0.15, 0.2) is 6.10 Å². The lowest BCUT2D eigenvalue weighted by Gasteiger charge is -2.18. The zero-order valence-electron chi connectivity index (χ0n) is 47.1. The van der Waals surface area contributed by atoms with Crippen molar-refractivity contribution in [3.8, 4) is 0 Å². The Labute approximate surface area is 435 Å². The van der Waals surface area contributed by atoms with Crippen molar-refractivity contribution in [1.82, 2.24) is 0 Å². The van der Waals surface area contributed by atoms with E-state index in [0.717, 1.165) is 77.0 Å². The Balaban J connectivity index is 4.34. The van der Waals surface area contributed by atoms with Gasteiger partial charge in [0, 0.05) is 19.3 Å². The third-order valence-electron chi connectivity index (χ3n) is 13.9. The number of esters is 3. The average Bonchev–Trinajstić information content (AvgIpc) is 3.36. The maximum absolute atomic E-state index is 12.9. The minimum atomic E-state index is -0.778. The lowest BCUT2D eigenvalue weighted by atomic mass is 10.0. The molecule has 1 atom stereocenters. The molecule has 0 aromatic rings. The van der Waals surface area contributed by atoms with E-state index < -0.39 is 6.10 Å². The lowest BCUT2D eigenvalue weighted by molar-refractivity contribution is -0.167. The van der Waals surface area contributed by atoms with E-state index in [2.05, 4.69) is 57.2 Å². The van der Waals surface area contributed by atoms with Crippen LogP contribution in [0.25, 0.3) is 0 Å². The van der Waals surface area contributed by atoms with Crippen molar-refractivity contribution in [2.24, 2.45) is 0 Å². The number of rotatable bonds is 57. The summed E-state index contributed by atoms with van der Waals surface area (Å²) in [4.78, 5) is 38.3. The molecule has 70 heavy (non-hydrogen) atoms. The molecule has 410 valence electrons. The second-order valence-corrected chi connectivity index (χ2v) is 21.0. The molecule has 0 saturated carbocycles. The Hall–Kier alpha value is -2.37. The Morgan fingerprint density at radius 3 is 0.814 bits per heavy atom. The monoisotopic (exact) mass is 983 g/mol. The number of hydrogen-bond acceptors (Lipinski definition) is 6. The van der Waals surface area contributed by atoms with Gasteiger partial charge < -0.3 is 14.2 Å². The summed E-state index contributed by atoms with van der Waals surface area (Å²) in [5, 5.41) is 0. The van der Waals surface area contributed by atoms with E-state index in [9.17, 15) is 14.4 Å². The van der Waals surface area contributed by atoms with E-state index in [0.29, 0.717) is 19.3 Å². The van der Waals surface area contributed by atoms with Crippen LogP contribution in [0.2, 0.25) is 0 Å². The van der Waals surface area contributed by atoms with Crippen molar-refractivity contribution < 1.29 is 28.6 Å². The minimum Gasteiger partial charge on any atom is -0.462 e. The highest BCUT2D eigenvalue weighted by molar-refractivity contribution is 5.71. The lowest BCUT2D eigenvalue weighted by Crippen LogP contribution is -2.30. The molecule has 0 spiro atoms. The molecule has 0 fully saturated rings. The largest absolute Gasteiger partial charge is 0.462 e. The Morgan fingerprint density at radius 2 is 0.514 bits per heavy atom. The highest BCUT2D eigenvalue weighted by Gasteiger charge is 2.19. The van der Waals surface area contributed by atoms with Gasteiger partial charge in [-0.15, -0.1) is 0 Å². The van der Waals surface area contributed by atoms with Crippen LogP contribution in [0, 0.1) is 0 Å². The van der Waals surface area contributed by atoms with E-state index >= 15 is 0 Å².